The van der Waals surface area contributed by atoms with Crippen LogP contribution in [-0.2, 0) is 14.4 Å². The van der Waals surface area contributed by atoms with Gasteiger partial charge in [0.1, 0.15) is 5.57 Å². The number of carboxylic acids is 1. The molecule has 0 saturated carbocycles. The summed E-state index contributed by atoms with van der Waals surface area (Å²) in [7, 11) is 0. The second kappa shape index (κ2) is 9.04. The molecule has 0 aliphatic carbocycles. The monoisotopic (exact) mass is 479 g/mol. The Morgan fingerprint density at radius 1 is 1.19 bits per heavy atom. The fraction of sp³-hybridized carbons (Fsp3) is 0.0526. The molecule has 0 unspecified atom stereocenters. The lowest BCUT2D eigenvalue weighted by Crippen LogP contribution is -2.54. The molecule has 2 aromatic rings. The van der Waals surface area contributed by atoms with E-state index in [0.29, 0.717) is 4.90 Å². The van der Waals surface area contributed by atoms with Gasteiger partial charge in [-0.25, -0.2) is 14.5 Å². The van der Waals surface area contributed by atoms with Crippen LogP contribution in [0.25, 0.3) is 6.08 Å². The van der Waals surface area contributed by atoms with Crippen LogP contribution in [0.4, 0.5) is 16.2 Å². The van der Waals surface area contributed by atoms with Crippen LogP contribution >= 0.6 is 23.2 Å². The summed E-state index contributed by atoms with van der Waals surface area (Å²) >= 11 is 12.1. The Morgan fingerprint density at radius 3 is 2.44 bits per heavy atom. The van der Waals surface area contributed by atoms with Crippen LogP contribution < -0.4 is 15.0 Å². The predicted octanol–water partition coefficient (Wildman–Crippen LogP) is 3.03. The average Bonchev–Trinajstić information content (AvgIpc) is 2.70. The van der Waals surface area contributed by atoms with E-state index in [4.69, 9.17) is 33.0 Å². The number of amides is 4. The van der Waals surface area contributed by atoms with Gasteiger partial charge in [-0.15, -0.1) is 0 Å². The predicted molar refractivity (Wildman–Crippen MR) is 112 cm³/mol. The molecule has 13 heteroatoms. The van der Waals surface area contributed by atoms with Crippen molar-refractivity contribution in [3.63, 3.8) is 0 Å². The molecule has 0 aromatic heterocycles. The number of ether oxygens (including phenoxy) is 1. The highest BCUT2D eigenvalue weighted by atomic mass is 35.5. The Balaban J connectivity index is 1.98. The molecular weight excluding hydrogens is 469 g/mol. The number of hydrogen-bond acceptors (Lipinski definition) is 7. The number of hydrogen-bond donors (Lipinski definition) is 2. The number of rotatable bonds is 6. The highest BCUT2D eigenvalue weighted by molar-refractivity contribution is 6.40. The number of non-ortho nitro benzene ring substituents is 1. The molecule has 2 N–H and O–H groups in total. The van der Waals surface area contributed by atoms with Crippen molar-refractivity contribution in [1.29, 1.82) is 0 Å². The molecule has 11 nitrogen and oxygen atoms in total. The van der Waals surface area contributed by atoms with E-state index < -0.39 is 40.9 Å². The second-order valence-electron chi connectivity index (χ2n) is 6.23. The van der Waals surface area contributed by atoms with Crippen LogP contribution in [0.15, 0.2) is 42.0 Å². The number of nitro groups is 1. The van der Waals surface area contributed by atoms with Gasteiger partial charge in [0.25, 0.3) is 17.5 Å². The smallest absolute Gasteiger partial charge is 0.341 e. The molecule has 0 radical (unpaired) electrons. The Hall–Kier alpha value is -3.96. The summed E-state index contributed by atoms with van der Waals surface area (Å²) in [6.45, 7) is -0.693. The Bertz CT molecular complexity index is 1190. The van der Waals surface area contributed by atoms with Gasteiger partial charge in [-0.3, -0.25) is 25.0 Å². The number of urea groups is 1. The number of carboxylic acid groups (broad SMARTS) is 1. The first-order chi connectivity index (χ1) is 15.1. The zero-order valence-electron chi connectivity index (χ0n) is 15.7. The summed E-state index contributed by atoms with van der Waals surface area (Å²) in [5, 5.41) is 21.5. The third kappa shape index (κ3) is 4.68. The van der Waals surface area contributed by atoms with E-state index in [2.05, 4.69) is 0 Å². The van der Waals surface area contributed by atoms with Crippen LogP contribution in [0, 0.1) is 10.1 Å². The maximum atomic E-state index is 12.9. The van der Waals surface area contributed by atoms with Crippen LogP contribution in [0.1, 0.15) is 5.56 Å². The van der Waals surface area contributed by atoms with E-state index in [0.717, 1.165) is 12.1 Å². The Kier molecular flexibility index (Phi) is 6.42. The third-order valence-electron chi connectivity index (χ3n) is 4.07. The minimum absolute atomic E-state index is 0.0825. The van der Waals surface area contributed by atoms with E-state index in [1.807, 2.05) is 5.32 Å². The molecule has 0 spiro atoms. The van der Waals surface area contributed by atoms with Crippen LogP contribution in [0.5, 0.6) is 5.75 Å². The van der Waals surface area contributed by atoms with E-state index in [-0.39, 0.29) is 32.7 Å². The molecule has 4 amide bonds. The van der Waals surface area contributed by atoms with Crippen molar-refractivity contribution < 1.29 is 33.9 Å². The van der Waals surface area contributed by atoms with Crippen molar-refractivity contribution in [3.05, 3.63) is 67.7 Å². The first kappa shape index (κ1) is 22.7. The number of carbonyl (C=O) groups excluding carboxylic acids is 3. The number of nitrogens with one attached hydrogen (secondary N) is 1. The van der Waals surface area contributed by atoms with Crippen molar-refractivity contribution in [2.75, 3.05) is 11.5 Å². The lowest BCUT2D eigenvalue weighted by atomic mass is 10.1. The number of imide groups is 2. The summed E-state index contributed by atoms with van der Waals surface area (Å²) in [6, 6.07) is 6.22. The fourth-order valence-corrected chi connectivity index (χ4v) is 3.35. The van der Waals surface area contributed by atoms with Crippen molar-refractivity contribution in [1.82, 2.24) is 5.32 Å². The molecule has 3 rings (SSSR count). The van der Waals surface area contributed by atoms with Gasteiger partial charge in [-0.05, 0) is 29.8 Å². The molecule has 2 aromatic carbocycles. The van der Waals surface area contributed by atoms with Crippen LogP contribution in [0.2, 0.25) is 10.0 Å². The minimum atomic E-state index is -1.25. The topological polar surface area (TPSA) is 156 Å². The maximum Gasteiger partial charge on any atom is 0.341 e. The molecule has 1 saturated heterocycles. The minimum Gasteiger partial charge on any atom is -0.479 e. The van der Waals surface area contributed by atoms with Crippen molar-refractivity contribution in [2.24, 2.45) is 0 Å². The molecule has 0 bridgehead atoms. The number of carbonyl (C=O) groups is 4. The van der Waals surface area contributed by atoms with E-state index in [1.165, 1.54) is 30.3 Å². The third-order valence-corrected chi connectivity index (χ3v) is 4.63. The fourth-order valence-electron chi connectivity index (χ4n) is 2.74. The molecule has 164 valence electrons. The zero-order chi connectivity index (χ0) is 23.6. The molecule has 1 heterocycles. The number of nitrogens with zero attached hydrogens (tertiary/aromatic N) is 2. The average molecular weight is 480 g/mol. The number of anilines is 1. The van der Waals surface area contributed by atoms with Crippen LogP contribution in [-0.4, -0.2) is 40.5 Å². The lowest BCUT2D eigenvalue weighted by molar-refractivity contribution is -0.384. The van der Waals surface area contributed by atoms with Gasteiger partial charge < -0.3 is 9.84 Å². The van der Waals surface area contributed by atoms with Gasteiger partial charge in [0.05, 0.1) is 20.7 Å². The van der Waals surface area contributed by atoms with Gasteiger partial charge in [-0.1, -0.05) is 29.3 Å². The van der Waals surface area contributed by atoms with E-state index in [9.17, 15) is 29.3 Å². The van der Waals surface area contributed by atoms with Crippen molar-refractivity contribution in [3.8, 4) is 5.75 Å². The van der Waals surface area contributed by atoms with Gasteiger partial charge in [0, 0.05) is 12.1 Å². The van der Waals surface area contributed by atoms with E-state index >= 15 is 0 Å². The first-order valence-corrected chi connectivity index (χ1v) is 9.33. The first-order valence-electron chi connectivity index (χ1n) is 8.58. The lowest BCUT2D eigenvalue weighted by Gasteiger charge is -2.26. The highest BCUT2D eigenvalue weighted by Gasteiger charge is 2.37. The quantitative estimate of drug-likeness (QED) is 0.277. The van der Waals surface area contributed by atoms with Gasteiger partial charge in [0.2, 0.25) is 0 Å². The summed E-state index contributed by atoms with van der Waals surface area (Å²) in [6.07, 6.45) is 1.10. The van der Waals surface area contributed by atoms with Gasteiger partial charge in [0.15, 0.2) is 12.4 Å². The standard InChI is InChI=1S/C19H11Cl2N3O8/c20-13-5-9(6-14(21)16(13)32-8-15(25)26)4-12-17(27)22-19(29)23(18(12)28)10-2-1-3-11(7-10)24(30)31/h1-7H,8H2,(H,25,26)(H,22,27,29)/b12-4+. The van der Waals surface area contributed by atoms with E-state index in [1.54, 1.807) is 0 Å². The molecule has 0 atom stereocenters. The normalized spacial score (nSPS) is 15.0. The Labute approximate surface area is 188 Å². The van der Waals surface area contributed by atoms with Gasteiger partial charge in [-0.2, -0.15) is 0 Å². The number of benzene rings is 2. The summed E-state index contributed by atoms with van der Waals surface area (Å²) in [5.74, 6) is -3.39. The number of barbiturate groups is 1. The second-order valence-corrected chi connectivity index (χ2v) is 7.05. The maximum absolute atomic E-state index is 12.9. The molecular formula is C19H11Cl2N3O8. The number of aliphatic carboxylic acids is 1. The molecule has 1 fully saturated rings. The zero-order valence-corrected chi connectivity index (χ0v) is 17.2. The summed E-state index contributed by atoms with van der Waals surface area (Å²) in [4.78, 5) is 59.0. The largest absolute Gasteiger partial charge is 0.479 e. The Morgan fingerprint density at radius 2 is 1.84 bits per heavy atom. The highest BCUT2D eigenvalue weighted by Crippen LogP contribution is 2.35. The van der Waals surface area contributed by atoms with Crippen LogP contribution in [0.3, 0.4) is 0 Å². The van der Waals surface area contributed by atoms with Crippen molar-refractivity contribution in [2.45, 2.75) is 0 Å². The molecule has 32 heavy (non-hydrogen) atoms. The number of nitro benzene ring substituents is 1. The summed E-state index contributed by atoms with van der Waals surface area (Å²) < 4.78 is 5.00. The SMILES string of the molecule is O=C(O)COc1c(Cl)cc(/C=C2\C(=O)NC(=O)N(c3cccc([N+](=O)[O-])c3)C2=O)cc1Cl. The summed E-state index contributed by atoms with van der Waals surface area (Å²) in [5.41, 5.74) is -0.772. The van der Waals surface area contributed by atoms with Gasteiger partial charge >= 0.3 is 12.0 Å². The van der Waals surface area contributed by atoms with Crippen molar-refractivity contribution >= 4 is 64.5 Å². The number of halogens is 2. The molecule has 1 aliphatic rings. The molecule has 1 aliphatic heterocycles.